The molecule has 0 rings (SSSR count). The van der Waals surface area contributed by atoms with Crippen LogP contribution in [-0.2, 0) is 32.7 Å². The van der Waals surface area contributed by atoms with Gasteiger partial charge in [-0.3, -0.25) is 18.6 Å². The molecular formula is C73H143NO8P+. The van der Waals surface area contributed by atoms with Gasteiger partial charge in [0.25, 0.3) is 0 Å². The van der Waals surface area contributed by atoms with Gasteiger partial charge in [0.1, 0.15) is 19.8 Å². The van der Waals surface area contributed by atoms with Crippen molar-refractivity contribution in [2.75, 3.05) is 47.5 Å². The van der Waals surface area contributed by atoms with Crippen LogP contribution < -0.4 is 0 Å². The molecule has 2 atom stereocenters. The molecule has 0 aliphatic rings. The Balaban J connectivity index is 3.83. The number of likely N-dealkylation sites (N-methyl/N-ethyl adjacent to an activating group) is 1. The van der Waals surface area contributed by atoms with E-state index in [0.717, 1.165) is 51.4 Å². The highest BCUT2D eigenvalue weighted by molar-refractivity contribution is 7.47. The van der Waals surface area contributed by atoms with Gasteiger partial charge in [0.15, 0.2) is 6.10 Å². The van der Waals surface area contributed by atoms with Crippen LogP contribution in [0.5, 0.6) is 0 Å². The molecule has 1 N–H and O–H groups in total. The summed E-state index contributed by atoms with van der Waals surface area (Å²) in [7, 11) is 1.49. The third kappa shape index (κ3) is 69.5. The summed E-state index contributed by atoms with van der Waals surface area (Å²) >= 11 is 0. The third-order valence-corrected chi connectivity index (χ3v) is 17.7. The second-order valence-electron chi connectivity index (χ2n) is 26.3. The molecule has 0 spiro atoms. The monoisotopic (exact) mass is 1190 g/mol. The summed E-state index contributed by atoms with van der Waals surface area (Å²) in [6, 6.07) is 0. The fourth-order valence-corrected chi connectivity index (χ4v) is 11.9. The van der Waals surface area contributed by atoms with E-state index in [-0.39, 0.29) is 25.6 Å². The van der Waals surface area contributed by atoms with Crippen LogP contribution in [0, 0.1) is 0 Å². The van der Waals surface area contributed by atoms with Crippen molar-refractivity contribution < 1.29 is 42.1 Å². The van der Waals surface area contributed by atoms with Gasteiger partial charge >= 0.3 is 19.8 Å². The Hall–Kier alpha value is -1.51. The van der Waals surface area contributed by atoms with Gasteiger partial charge in [0.05, 0.1) is 27.7 Å². The van der Waals surface area contributed by atoms with Crippen LogP contribution in [0.2, 0.25) is 0 Å². The SMILES string of the molecule is CCCCCC/C=C\C/C=C\CCCCCCCCCC(=O)OC(COC(=O)CCCCCCCCCCCCCCCCCCCCCCCCCCCCCCCCCCCCCCCCCCC)COP(=O)(O)OCC[N+](C)(C)C. The van der Waals surface area contributed by atoms with Crippen LogP contribution in [-0.4, -0.2) is 74.9 Å². The molecule has 0 aliphatic heterocycles. The molecule has 0 aromatic rings. The van der Waals surface area contributed by atoms with Gasteiger partial charge in [-0.2, -0.15) is 0 Å². The van der Waals surface area contributed by atoms with Crippen molar-refractivity contribution in [3.63, 3.8) is 0 Å². The fourth-order valence-electron chi connectivity index (χ4n) is 11.1. The van der Waals surface area contributed by atoms with Crippen LogP contribution >= 0.6 is 7.82 Å². The second kappa shape index (κ2) is 64.9. The first-order valence-corrected chi connectivity index (χ1v) is 38.1. The van der Waals surface area contributed by atoms with Gasteiger partial charge in [-0.15, -0.1) is 0 Å². The maximum atomic E-state index is 12.8. The minimum Gasteiger partial charge on any atom is -0.462 e. The van der Waals surface area contributed by atoms with Crippen molar-refractivity contribution in [2.45, 2.75) is 386 Å². The van der Waals surface area contributed by atoms with E-state index in [2.05, 4.69) is 38.2 Å². The molecular weight excluding hydrogens is 1050 g/mol. The number of rotatable bonds is 69. The van der Waals surface area contributed by atoms with Crippen molar-refractivity contribution in [3.8, 4) is 0 Å². The predicted octanol–water partition coefficient (Wildman–Crippen LogP) is 23.7. The molecule has 0 heterocycles. The molecule has 9 nitrogen and oxygen atoms in total. The van der Waals surface area contributed by atoms with E-state index in [0.29, 0.717) is 23.9 Å². The fraction of sp³-hybridized carbons (Fsp3) is 0.918. The summed E-state index contributed by atoms with van der Waals surface area (Å²) < 4.78 is 34.7. The molecule has 0 aliphatic carbocycles. The van der Waals surface area contributed by atoms with E-state index >= 15 is 0 Å². The first kappa shape index (κ1) is 81.5. The molecule has 0 bridgehead atoms. The summed E-state index contributed by atoms with van der Waals surface area (Å²) in [6.07, 6.45) is 81.8. The van der Waals surface area contributed by atoms with Gasteiger partial charge in [-0.1, -0.05) is 346 Å². The zero-order chi connectivity index (χ0) is 60.5. The minimum atomic E-state index is -4.39. The van der Waals surface area contributed by atoms with Gasteiger partial charge < -0.3 is 18.9 Å². The van der Waals surface area contributed by atoms with Crippen LogP contribution in [0.1, 0.15) is 380 Å². The molecule has 492 valence electrons. The molecule has 0 saturated heterocycles. The minimum absolute atomic E-state index is 0.0325. The zero-order valence-electron chi connectivity index (χ0n) is 56.2. The number of nitrogens with zero attached hydrogens (tertiary/aromatic N) is 1. The summed E-state index contributed by atoms with van der Waals surface area (Å²) in [5.74, 6) is -0.787. The highest BCUT2D eigenvalue weighted by Crippen LogP contribution is 2.43. The van der Waals surface area contributed by atoms with Crippen molar-refractivity contribution in [1.82, 2.24) is 0 Å². The Labute approximate surface area is 517 Å². The molecule has 0 amide bonds. The van der Waals surface area contributed by atoms with Crippen molar-refractivity contribution in [3.05, 3.63) is 24.3 Å². The number of carbonyl (C=O) groups is 2. The Morgan fingerprint density at radius 1 is 0.373 bits per heavy atom. The molecule has 0 saturated carbocycles. The molecule has 10 heteroatoms. The predicted molar refractivity (Wildman–Crippen MR) is 358 cm³/mol. The van der Waals surface area contributed by atoms with Crippen LogP contribution in [0.15, 0.2) is 24.3 Å². The standard InChI is InChI=1S/C73H142NO8P/c1-6-8-10-12-14-16-18-20-22-24-26-27-28-29-30-31-32-33-34-35-36-37-38-39-40-41-42-43-44-45-46-47-48-50-51-53-55-57-59-61-63-65-72(75)79-69-71(70-81-83(77,78)80-68-67-74(3,4)5)82-73(76)66-64-62-60-58-56-54-52-49-25-23-21-19-17-15-13-11-9-7-2/h17,19,23,25,71H,6-16,18,20-22,24,26-70H2,1-5H3/p+1/b19-17-,25-23-. The number of quaternary nitrogens is 1. The van der Waals surface area contributed by atoms with Crippen LogP contribution in [0.25, 0.3) is 0 Å². The quantitative estimate of drug-likeness (QED) is 0.0211. The topological polar surface area (TPSA) is 108 Å². The van der Waals surface area contributed by atoms with Gasteiger partial charge in [-0.05, 0) is 44.9 Å². The molecule has 83 heavy (non-hydrogen) atoms. The lowest BCUT2D eigenvalue weighted by Crippen LogP contribution is -2.37. The average Bonchev–Trinajstić information content (AvgIpc) is 3.49. The van der Waals surface area contributed by atoms with Crippen molar-refractivity contribution in [1.29, 1.82) is 0 Å². The number of hydrogen-bond donors (Lipinski definition) is 1. The lowest BCUT2D eigenvalue weighted by Gasteiger charge is -2.24. The summed E-state index contributed by atoms with van der Waals surface area (Å²) in [4.78, 5) is 35.8. The Bertz CT molecular complexity index is 1450. The van der Waals surface area contributed by atoms with E-state index < -0.39 is 26.5 Å². The van der Waals surface area contributed by atoms with Gasteiger partial charge in [-0.25, -0.2) is 4.57 Å². The van der Waals surface area contributed by atoms with E-state index in [1.54, 1.807) is 0 Å². The van der Waals surface area contributed by atoms with E-state index in [1.165, 1.54) is 295 Å². The van der Waals surface area contributed by atoms with Crippen LogP contribution in [0.3, 0.4) is 0 Å². The lowest BCUT2D eigenvalue weighted by atomic mass is 10.0. The zero-order valence-corrected chi connectivity index (χ0v) is 57.1. The maximum absolute atomic E-state index is 12.8. The number of phosphoric ester groups is 1. The largest absolute Gasteiger partial charge is 0.472 e. The molecule has 0 radical (unpaired) electrons. The highest BCUT2D eigenvalue weighted by atomic mass is 31.2. The molecule has 2 unspecified atom stereocenters. The van der Waals surface area contributed by atoms with Crippen molar-refractivity contribution >= 4 is 19.8 Å². The van der Waals surface area contributed by atoms with E-state index in [4.69, 9.17) is 18.5 Å². The van der Waals surface area contributed by atoms with Gasteiger partial charge in [0.2, 0.25) is 0 Å². The molecule has 0 aromatic carbocycles. The average molecular weight is 1190 g/mol. The van der Waals surface area contributed by atoms with E-state index in [9.17, 15) is 19.0 Å². The number of ether oxygens (including phenoxy) is 2. The molecule has 0 fully saturated rings. The van der Waals surface area contributed by atoms with Crippen molar-refractivity contribution in [2.24, 2.45) is 0 Å². The second-order valence-corrected chi connectivity index (χ2v) is 27.8. The number of phosphoric acid groups is 1. The lowest BCUT2D eigenvalue weighted by molar-refractivity contribution is -0.870. The third-order valence-electron chi connectivity index (χ3n) is 16.7. The number of hydrogen-bond acceptors (Lipinski definition) is 7. The van der Waals surface area contributed by atoms with Crippen LogP contribution in [0.4, 0.5) is 0 Å². The number of allylic oxidation sites excluding steroid dienone is 4. The normalized spacial score (nSPS) is 13.2. The Morgan fingerprint density at radius 2 is 0.651 bits per heavy atom. The Morgan fingerprint density at radius 3 is 0.964 bits per heavy atom. The summed E-state index contributed by atoms with van der Waals surface area (Å²) in [6.45, 7) is 4.47. The first-order valence-electron chi connectivity index (χ1n) is 36.6. The maximum Gasteiger partial charge on any atom is 0.472 e. The first-order chi connectivity index (χ1) is 40.5. The Kier molecular flexibility index (Phi) is 63.8. The summed E-state index contributed by atoms with van der Waals surface area (Å²) in [5.41, 5.74) is 0. The smallest absolute Gasteiger partial charge is 0.462 e. The number of carbonyl (C=O) groups excluding carboxylic acids is 2. The summed E-state index contributed by atoms with van der Waals surface area (Å²) in [5, 5.41) is 0. The highest BCUT2D eigenvalue weighted by Gasteiger charge is 2.27. The number of esters is 2. The molecule has 0 aromatic heterocycles. The number of unbranched alkanes of at least 4 members (excludes halogenated alkanes) is 51. The van der Waals surface area contributed by atoms with Gasteiger partial charge in [0, 0.05) is 12.8 Å². The van der Waals surface area contributed by atoms with E-state index in [1.807, 2.05) is 21.1 Å².